The van der Waals surface area contributed by atoms with E-state index in [0.717, 1.165) is 45.0 Å². The second kappa shape index (κ2) is 12.9. The lowest BCUT2D eigenvalue weighted by atomic mass is 10.2. The minimum atomic E-state index is 0. The molecule has 2 N–H and O–H groups in total. The maximum Gasteiger partial charge on any atom is 0.190 e. The van der Waals surface area contributed by atoms with Gasteiger partial charge in [0.2, 0.25) is 0 Å². The van der Waals surface area contributed by atoms with Gasteiger partial charge in [0.15, 0.2) is 5.96 Å². The fraction of sp³-hybridized carbons (Fsp3) is 0.562. The smallest absolute Gasteiger partial charge is 0.190 e. The maximum atomic E-state index is 4.19. The van der Waals surface area contributed by atoms with Crippen molar-refractivity contribution in [3.05, 3.63) is 35.9 Å². The van der Waals surface area contributed by atoms with Crippen molar-refractivity contribution in [2.75, 3.05) is 33.7 Å². The third-order valence-corrected chi connectivity index (χ3v) is 3.07. The molecule has 1 aromatic rings. The summed E-state index contributed by atoms with van der Waals surface area (Å²) in [5.74, 6) is 0.901. The summed E-state index contributed by atoms with van der Waals surface area (Å²) in [6, 6.07) is 10.6. The lowest BCUT2D eigenvalue weighted by molar-refractivity contribution is 0.322. The molecule has 0 aromatic heterocycles. The van der Waals surface area contributed by atoms with Crippen molar-refractivity contribution < 1.29 is 0 Å². The molecular weight excluding hydrogens is 375 g/mol. The van der Waals surface area contributed by atoms with E-state index in [1.54, 1.807) is 0 Å². The van der Waals surface area contributed by atoms with Gasteiger partial charge in [-0.2, -0.15) is 0 Å². The monoisotopic (exact) mass is 404 g/mol. The Bertz CT molecular complexity index is 381. The molecule has 0 radical (unpaired) electrons. The predicted molar refractivity (Wildman–Crippen MR) is 102 cm³/mol. The van der Waals surface area contributed by atoms with Gasteiger partial charge in [-0.05, 0) is 32.0 Å². The van der Waals surface area contributed by atoms with Crippen molar-refractivity contribution >= 4 is 29.9 Å². The van der Waals surface area contributed by atoms with E-state index in [0.29, 0.717) is 0 Å². The molecule has 5 heteroatoms. The number of hydrogen-bond acceptors (Lipinski definition) is 2. The molecule has 0 saturated carbocycles. The summed E-state index contributed by atoms with van der Waals surface area (Å²) < 4.78 is 0. The van der Waals surface area contributed by atoms with E-state index in [1.165, 1.54) is 5.56 Å². The standard InChI is InChI=1S/C16H28N4.HI/c1-4-11-18-16(17-2)19-12-8-13-20(3)14-15-9-6-5-7-10-15;/h5-7,9-10H,4,8,11-14H2,1-3H3,(H2,17,18,19);1H. The summed E-state index contributed by atoms with van der Waals surface area (Å²) in [6.07, 6.45) is 2.22. The highest BCUT2D eigenvalue weighted by atomic mass is 127. The molecule has 0 fully saturated rings. The van der Waals surface area contributed by atoms with Crippen molar-refractivity contribution in [1.82, 2.24) is 15.5 Å². The number of hydrogen-bond donors (Lipinski definition) is 2. The van der Waals surface area contributed by atoms with Gasteiger partial charge in [0.05, 0.1) is 0 Å². The Hall–Kier alpha value is -0.820. The van der Waals surface area contributed by atoms with Crippen LogP contribution in [0.25, 0.3) is 0 Å². The van der Waals surface area contributed by atoms with Crippen LogP contribution in [-0.4, -0.2) is 44.6 Å². The fourth-order valence-electron chi connectivity index (χ4n) is 1.99. The highest BCUT2D eigenvalue weighted by Crippen LogP contribution is 2.02. The highest BCUT2D eigenvalue weighted by molar-refractivity contribution is 14.0. The summed E-state index contributed by atoms with van der Waals surface area (Å²) in [6.45, 7) is 6.14. The van der Waals surface area contributed by atoms with Gasteiger partial charge in [0.1, 0.15) is 0 Å². The van der Waals surface area contributed by atoms with Crippen LogP contribution in [0.5, 0.6) is 0 Å². The van der Waals surface area contributed by atoms with Gasteiger partial charge in [0.25, 0.3) is 0 Å². The molecule has 0 bridgehead atoms. The van der Waals surface area contributed by atoms with Crippen LogP contribution in [0.15, 0.2) is 35.3 Å². The molecule has 0 saturated heterocycles. The molecule has 1 rings (SSSR count). The average Bonchev–Trinajstić information content (AvgIpc) is 2.47. The summed E-state index contributed by atoms with van der Waals surface area (Å²) in [7, 11) is 3.98. The molecule has 0 unspecified atom stereocenters. The largest absolute Gasteiger partial charge is 0.356 e. The Morgan fingerprint density at radius 3 is 2.43 bits per heavy atom. The average molecular weight is 404 g/mol. The molecule has 4 nitrogen and oxygen atoms in total. The zero-order chi connectivity index (χ0) is 14.6. The molecule has 0 aliphatic heterocycles. The van der Waals surface area contributed by atoms with Gasteiger partial charge in [-0.1, -0.05) is 37.3 Å². The van der Waals surface area contributed by atoms with E-state index in [2.05, 4.69) is 64.8 Å². The Morgan fingerprint density at radius 2 is 1.81 bits per heavy atom. The van der Waals surface area contributed by atoms with Gasteiger partial charge < -0.3 is 15.5 Å². The second-order valence-corrected chi connectivity index (χ2v) is 5.00. The fourth-order valence-corrected chi connectivity index (χ4v) is 1.99. The van der Waals surface area contributed by atoms with Crippen LogP contribution in [0.4, 0.5) is 0 Å². The molecule has 120 valence electrons. The maximum absolute atomic E-state index is 4.19. The van der Waals surface area contributed by atoms with Crippen molar-refractivity contribution in [2.45, 2.75) is 26.3 Å². The first-order chi connectivity index (χ1) is 9.76. The first-order valence-corrected chi connectivity index (χ1v) is 7.43. The topological polar surface area (TPSA) is 39.7 Å². The minimum absolute atomic E-state index is 0. The number of guanidine groups is 1. The Labute approximate surface area is 146 Å². The van der Waals surface area contributed by atoms with Gasteiger partial charge in [-0.15, -0.1) is 24.0 Å². The summed E-state index contributed by atoms with van der Waals surface area (Å²) in [4.78, 5) is 6.54. The minimum Gasteiger partial charge on any atom is -0.356 e. The summed E-state index contributed by atoms with van der Waals surface area (Å²) in [5, 5.41) is 6.61. The van der Waals surface area contributed by atoms with Crippen LogP contribution in [0.3, 0.4) is 0 Å². The van der Waals surface area contributed by atoms with Crippen LogP contribution in [0.2, 0.25) is 0 Å². The van der Waals surface area contributed by atoms with Crippen LogP contribution in [-0.2, 0) is 6.54 Å². The van der Waals surface area contributed by atoms with Crippen molar-refractivity contribution in [2.24, 2.45) is 4.99 Å². The third-order valence-electron chi connectivity index (χ3n) is 3.07. The molecule has 0 aliphatic carbocycles. The van der Waals surface area contributed by atoms with E-state index in [4.69, 9.17) is 0 Å². The zero-order valence-electron chi connectivity index (χ0n) is 13.4. The Kier molecular flexibility index (Phi) is 12.4. The molecule has 21 heavy (non-hydrogen) atoms. The van der Waals surface area contributed by atoms with E-state index in [1.807, 2.05) is 7.05 Å². The Morgan fingerprint density at radius 1 is 1.14 bits per heavy atom. The van der Waals surface area contributed by atoms with E-state index in [-0.39, 0.29) is 24.0 Å². The molecule has 1 aromatic carbocycles. The molecule has 0 heterocycles. The number of nitrogens with one attached hydrogen (secondary N) is 2. The van der Waals surface area contributed by atoms with Crippen molar-refractivity contribution in [3.8, 4) is 0 Å². The molecule has 0 spiro atoms. The van der Waals surface area contributed by atoms with Crippen molar-refractivity contribution in [1.29, 1.82) is 0 Å². The lowest BCUT2D eigenvalue weighted by Gasteiger charge is -2.17. The van der Waals surface area contributed by atoms with Gasteiger partial charge in [-0.3, -0.25) is 4.99 Å². The lowest BCUT2D eigenvalue weighted by Crippen LogP contribution is -2.38. The normalized spacial score (nSPS) is 11.1. The van der Waals surface area contributed by atoms with Crippen LogP contribution < -0.4 is 10.6 Å². The number of halogens is 1. The number of benzene rings is 1. The highest BCUT2D eigenvalue weighted by Gasteiger charge is 2.00. The summed E-state index contributed by atoms with van der Waals surface area (Å²) in [5.41, 5.74) is 1.36. The van der Waals surface area contributed by atoms with Crippen LogP contribution >= 0.6 is 24.0 Å². The molecule has 0 aliphatic rings. The molecule has 0 atom stereocenters. The first-order valence-electron chi connectivity index (χ1n) is 7.43. The van der Waals surface area contributed by atoms with Gasteiger partial charge in [0, 0.05) is 26.7 Å². The second-order valence-electron chi connectivity index (χ2n) is 5.00. The van der Waals surface area contributed by atoms with E-state index >= 15 is 0 Å². The van der Waals surface area contributed by atoms with E-state index in [9.17, 15) is 0 Å². The molecular formula is C16H29IN4. The summed E-state index contributed by atoms with van der Waals surface area (Å²) >= 11 is 0. The van der Waals surface area contributed by atoms with Crippen LogP contribution in [0, 0.1) is 0 Å². The predicted octanol–water partition coefficient (Wildman–Crippen LogP) is 2.70. The van der Waals surface area contributed by atoms with Crippen molar-refractivity contribution in [3.63, 3.8) is 0 Å². The molecule has 0 amide bonds. The number of rotatable bonds is 8. The Balaban J connectivity index is 0.00000400. The number of nitrogens with zero attached hydrogens (tertiary/aromatic N) is 2. The zero-order valence-corrected chi connectivity index (χ0v) is 15.8. The third kappa shape index (κ3) is 9.68. The quantitative estimate of drug-likeness (QED) is 0.303. The SMILES string of the molecule is CCCNC(=NC)NCCCN(C)Cc1ccccc1.I. The first kappa shape index (κ1) is 20.2. The number of aliphatic imine (C=N–C) groups is 1. The van der Waals surface area contributed by atoms with Gasteiger partial charge >= 0.3 is 0 Å². The van der Waals surface area contributed by atoms with E-state index < -0.39 is 0 Å². The van der Waals surface area contributed by atoms with Gasteiger partial charge in [-0.25, -0.2) is 0 Å². The van der Waals surface area contributed by atoms with Crippen LogP contribution in [0.1, 0.15) is 25.3 Å².